The second-order valence-electron chi connectivity index (χ2n) is 8.54. The van der Waals surface area contributed by atoms with E-state index < -0.39 is 0 Å². The lowest BCUT2D eigenvalue weighted by atomic mass is 9.88. The van der Waals surface area contributed by atoms with E-state index in [0.29, 0.717) is 22.3 Å². The lowest BCUT2D eigenvalue weighted by molar-refractivity contribution is 0.100. The van der Waals surface area contributed by atoms with Crippen molar-refractivity contribution in [1.29, 1.82) is 0 Å². The zero-order valence-corrected chi connectivity index (χ0v) is 18.1. The van der Waals surface area contributed by atoms with Crippen LogP contribution in [-0.4, -0.2) is 11.6 Å². The highest BCUT2D eigenvalue weighted by Gasteiger charge is 2.22. The van der Waals surface area contributed by atoms with Crippen LogP contribution in [0.4, 0.5) is 0 Å². The van der Waals surface area contributed by atoms with Gasteiger partial charge in [0, 0.05) is 22.3 Å². The predicted octanol–water partition coefficient (Wildman–Crippen LogP) is 7.35. The van der Waals surface area contributed by atoms with E-state index in [0.717, 1.165) is 32.5 Å². The Morgan fingerprint density at radius 3 is 1.76 bits per heavy atom. The Bertz CT molecular complexity index is 1670. The molecule has 0 atom stereocenters. The van der Waals surface area contributed by atoms with E-state index in [1.165, 1.54) is 5.39 Å². The van der Waals surface area contributed by atoms with Gasteiger partial charge in [0.2, 0.25) is 0 Å². The van der Waals surface area contributed by atoms with Crippen molar-refractivity contribution in [2.24, 2.45) is 0 Å². The highest BCUT2D eigenvalue weighted by atomic mass is 16.1. The first-order valence-corrected chi connectivity index (χ1v) is 11.0. The normalized spacial score (nSPS) is 11.4. The average molecular weight is 424 g/mol. The van der Waals surface area contributed by atoms with E-state index in [4.69, 9.17) is 0 Å². The van der Waals surface area contributed by atoms with Gasteiger partial charge in [-0.3, -0.25) is 9.59 Å². The van der Waals surface area contributed by atoms with Crippen molar-refractivity contribution < 1.29 is 9.59 Å². The SMILES string of the molecule is Cc1ccc(C(=O)c2ccccc2C(=O)c2ccc3ccc4cccc5ccc2c3c45)cc1. The third kappa shape index (κ3) is 3.03. The molecule has 0 bridgehead atoms. The van der Waals surface area contributed by atoms with E-state index in [1.54, 1.807) is 12.1 Å². The van der Waals surface area contributed by atoms with Crippen LogP contribution in [0.15, 0.2) is 103 Å². The molecule has 0 amide bonds. The van der Waals surface area contributed by atoms with Crippen molar-refractivity contribution in [3.8, 4) is 0 Å². The highest BCUT2D eigenvalue weighted by molar-refractivity contribution is 6.29. The van der Waals surface area contributed by atoms with Gasteiger partial charge in [0.05, 0.1) is 0 Å². The number of carbonyl (C=O) groups excluding carboxylic acids is 2. The number of hydrogen-bond donors (Lipinski definition) is 0. The third-order valence-electron chi connectivity index (χ3n) is 6.50. The van der Waals surface area contributed by atoms with E-state index in [1.807, 2.05) is 61.5 Å². The van der Waals surface area contributed by atoms with Crippen LogP contribution in [0.5, 0.6) is 0 Å². The van der Waals surface area contributed by atoms with Crippen LogP contribution in [0.1, 0.15) is 37.4 Å². The monoisotopic (exact) mass is 424 g/mol. The Labute approximate surface area is 191 Å². The molecule has 33 heavy (non-hydrogen) atoms. The molecule has 6 aromatic rings. The van der Waals surface area contributed by atoms with E-state index in [2.05, 4.69) is 36.4 Å². The molecule has 0 spiro atoms. The van der Waals surface area contributed by atoms with Crippen LogP contribution in [0.2, 0.25) is 0 Å². The summed E-state index contributed by atoms with van der Waals surface area (Å²) in [6.07, 6.45) is 0. The zero-order valence-electron chi connectivity index (χ0n) is 18.1. The average Bonchev–Trinajstić information content (AvgIpc) is 2.87. The molecule has 0 aliphatic carbocycles. The van der Waals surface area contributed by atoms with Crippen LogP contribution in [0.3, 0.4) is 0 Å². The molecule has 156 valence electrons. The summed E-state index contributed by atoms with van der Waals surface area (Å²) in [5.74, 6) is -0.277. The maximum Gasteiger partial charge on any atom is 0.194 e. The fraction of sp³-hybridized carbons (Fsp3) is 0.0323. The Hall–Kier alpha value is -4.30. The molecule has 0 aromatic heterocycles. The number of rotatable bonds is 4. The summed E-state index contributed by atoms with van der Waals surface area (Å²) in [5, 5.41) is 6.61. The minimum absolute atomic E-state index is 0.135. The molecule has 2 heteroatoms. The Morgan fingerprint density at radius 1 is 0.485 bits per heavy atom. The van der Waals surface area contributed by atoms with E-state index in [-0.39, 0.29) is 11.6 Å². The maximum atomic E-state index is 13.9. The third-order valence-corrected chi connectivity index (χ3v) is 6.50. The summed E-state index contributed by atoms with van der Waals surface area (Å²) in [5.41, 5.74) is 3.14. The van der Waals surface area contributed by atoms with Crippen LogP contribution < -0.4 is 0 Å². The number of aryl methyl sites for hydroxylation is 1. The van der Waals surface area contributed by atoms with Gasteiger partial charge in [-0.05, 0) is 45.3 Å². The summed E-state index contributed by atoms with van der Waals surface area (Å²) >= 11 is 0. The van der Waals surface area contributed by atoms with Crippen LogP contribution in [0, 0.1) is 6.92 Å². The van der Waals surface area contributed by atoms with Crippen LogP contribution in [0.25, 0.3) is 32.3 Å². The molecule has 0 radical (unpaired) electrons. The molecular weight excluding hydrogens is 404 g/mol. The Balaban J connectivity index is 1.54. The van der Waals surface area contributed by atoms with E-state index >= 15 is 0 Å². The summed E-state index contributed by atoms with van der Waals surface area (Å²) in [6, 6.07) is 33.1. The topological polar surface area (TPSA) is 34.1 Å². The molecule has 6 aromatic carbocycles. The molecule has 0 heterocycles. The van der Waals surface area contributed by atoms with Gasteiger partial charge in [0.15, 0.2) is 11.6 Å². The second-order valence-corrected chi connectivity index (χ2v) is 8.54. The van der Waals surface area contributed by atoms with Crippen molar-refractivity contribution in [2.45, 2.75) is 6.92 Å². The quantitative estimate of drug-likeness (QED) is 0.219. The summed E-state index contributed by atoms with van der Waals surface area (Å²) in [4.78, 5) is 27.2. The van der Waals surface area contributed by atoms with E-state index in [9.17, 15) is 9.59 Å². The first-order valence-electron chi connectivity index (χ1n) is 11.0. The van der Waals surface area contributed by atoms with Gasteiger partial charge in [0.25, 0.3) is 0 Å². The Morgan fingerprint density at radius 2 is 1.06 bits per heavy atom. The van der Waals surface area contributed by atoms with Gasteiger partial charge >= 0.3 is 0 Å². The molecular formula is C31H20O2. The second kappa shape index (κ2) is 7.39. The maximum absolute atomic E-state index is 13.9. The van der Waals surface area contributed by atoms with Gasteiger partial charge in [-0.15, -0.1) is 0 Å². The minimum Gasteiger partial charge on any atom is -0.289 e. The molecule has 0 unspecified atom stereocenters. The lowest BCUT2D eigenvalue weighted by Crippen LogP contribution is -2.11. The molecule has 0 aliphatic heterocycles. The zero-order chi connectivity index (χ0) is 22.5. The Kier molecular flexibility index (Phi) is 4.34. The molecule has 0 N–H and O–H groups in total. The molecule has 0 fully saturated rings. The largest absolute Gasteiger partial charge is 0.289 e. The van der Waals surface area contributed by atoms with Crippen LogP contribution >= 0.6 is 0 Å². The number of benzene rings is 6. The van der Waals surface area contributed by atoms with Gasteiger partial charge in [0.1, 0.15) is 0 Å². The standard InChI is InChI=1S/C31H20O2/c1-19-9-11-23(12-10-19)30(32)25-7-2-3-8-26(25)31(33)27-18-16-22-14-13-20-5-4-6-21-15-17-24(27)29(22)28(20)21/h2-18H,1H3. The summed E-state index contributed by atoms with van der Waals surface area (Å²) in [6.45, 7) is 1.99. The molecule has 0 saturated carbocycles. The van der Waals surface area contributed by atoms with Crippen molar-refractivity contribution in [2.75, 3.05) is 0 Å². The lowest BCUT2D eigenvalue weighted by Gasteiger charge is -2.14. The fourth-order valence-corrected chi connectivity index (χ4v) is 4.82. The smallest absolute Gasteiger partial charge is 0.194 e. The number of carbonyl (C=O) groups is 2. The van der Waals surface area contributed by atoms with Crippen molar-refractivity contribution >= 4 is 43.9 Å². The van der Waals surface area contributed by atoms with Gasteiger partial charge < -0.3 is 0 Å². The van der Waals surface area contributed by atoms with Crippen LogP contribution in [-0.2, 0) is 0 Å². The van der Waals surface area contributed by atoms with Crippen molar-refractivity contribution in [1.82, 2.24) is 0 Å². The molecule has 6 rings (SSSR count). The highest BCUT2D eigenvalue weighted by Crippen LogP contribution is 2.36. The van der Waals surface area contributed by atoms with Crippen molar-refractivity contribution in [3.05, 3.63) is 131 Å². The molecule has 0 saturated heterocycles. The predicted molar refractivity (Wildman–Crippen MR) is 135 cm³/mol. The summed E-state index contributed by atoms with van der Waals surface area (Å²) < 4.78 is 0. The fourth-order valence-electron chi connectivity index (χ4n) is 4.82. The molecule has 0 aliphatic rings. The molecule has 2 nitrogen and oxygen atoms in total. The first-order chi connectivity index (χ1) is 16.1. The van der Waals surface area contributed by atoms with Crippen molar-refractivity contribution in [3.63, 3.8) is 0 Å². The van der Waals surface area contributed by atoms with Gasteiger partial charge in [-0.1, -0.05) is 103 Å². The number of hydrogen-bond acceptors (Lipinski definition) is 2. The first kappa shape index (κ1) is 19.4. The van der Waals surface area contributed by atoms with Gasteiger partial charge in [-0.25, -0.2) is 0 Å². The summed E-state index contributed by atoms with van der Waals surface area (Å²) in [7, 11) is 0. The minimum atomic E-state index is -0.142. The van der Waals surface area contributed by atoms with Gasteiger partial charge in [-0.2, -0.15) is 0 Å². The number of ketones is 2.